The van der Waals surface area contributed by atoms with Gasteiger partial charge >= 0.3 is 0 Å². The molecular formula is C9H19NO2. The monoisotopic (exact) mass is 173 g/mol. The first kappa shape index (κ1) is 9.96. The molecule has 1 aliphatic rings. The van der Waals surface area contributed by atoms with Crippen LogP contribution in [0.25, 0.3) is 0 Å². The van der Waals surface area contributed by atoms with Crippen molar-refractivity contribution in [3.05, 3.63) is 0 Å². The topological polar surface area (TPSA) is 30.5 Å². The van der Waals surface area contributed by atoms with Crippen LogP contribution in [0.3, 0.4) is 0 Å². The molecule has 0 radical (unpaired) electrons. The van der Waals surface area contributed by atoms with Crippen LogP contribution >= 0.6 is 0 Å². The summed E-state index contributed by atoms with van der Waals surface area (Å²) in [6.07, 6.45) is 0. The Kier molecular flexibility index (Phi) is 4.58. The van der Waals surface area contributed by atoms with E-state index in [9.17, 15) is 0 Å². The predicted molar refractivity (Wildman–Crippen MR) is 48.3 cm³/mol. The van der Waals surface area contributed by atoms with E-state index in [-0.39, 0.29) is 0 Å². The van der Waals surface area contributed by atoms with Crippen molar-refractivity contribution in [2.75, 3.05) is 33.0 Å². The van der Waals surface area contributed by atoms with E-state index in [0.717, 1.165) is 33.0 Å². The minimum atomic E-state index is 0.577. The molecule has 0 unspecified atom stereocenters. The Hall–Kier alpha value is -0.120. The molecule has 0 aliphatic carbocycles. The van der Waals surface area contributed by atoms with Gasteiger partial charge in [-0.3, -0.25) is 0 Å². The van der Waals surface area contributed by atoms with Gasteiger partial charge in [0, 0.05) is 13.2 Å². The first-order valence-corrected chi connectivity index (χ1v) is 4.68. The molecule has 1 saturated heterocycles. The van der Waals surface area contributed by atoms with Crippen molar-refractivity contribution in [1.29, 1.82) is 0 Å². The molecule has 0 amide bonds. The second-order valence-corrected chi connectivity index (χ2v) is 3.66. The smallest absolute Gasteiger partial charge is 0.0643 e. The van der Waals surface area contributed by atoms with E-state index >= 15 is 0 Å². The van der Waals surface area contributed by atoms with E-state index in [1.807, 2.05) is 0 Å². The molecule has 0 atom stereocenters. The molecule has 3 nitrogen and oxygen atoms in total. The third kappa shape index (κ3) is 4.04. The molecule has 0 aromatic carbocycles. The maximum atomic E-state index is 5.41. The van der Waals surface area contributed by atoms with E-state index < -0.39 is 0 Å². The van der Waals surface area contributed by atoms with Gasteiger partial charge in [0.15, 0.2) is 0 Å². The number of rotatable bonds is 6. The molecule has 3 heteroatoms. The Labute approximate surface area is 74.4 Å². The zero-order chi connectivity index (χ0) is 8.81. The third-order valence-electron chi connectivity index (χ3n) is 1.77. The number of nitrogens with one attached hydrogen (secondary N) is 1. The standard InChI is InChI=1S/C9H19NO2/c1-8(2)5-11-4-3-10-9-6-12-7-9/h8-10H,3-7H2,1-2H3. The maximum Gasteiger partial charge on any atom is 0.0643 e. The molecule has 1 heterocycles. The van der Waals surface area contributed by atoms with Crippen LogP contribution in [0.5, 0.6) is 0 Å². The molecule has 0 aromatic rings. The fourth-order valence-corrected chi connectivity index (χ4v) is 1.01. The fraction of sp³-hybridized carbons (Fsp3) is 1.00. The van der Waals surface area contributed by atoms with Gasteiger partial charge in [-0.2, -0.15) is 0 Å². The van der Waals surface area contributed by atoms with Gasteiger partial charge in [-0.1, -0.05) is 13.8 Å². The lowest BCUT2D eigenvalue weighted by atomic mass is 10.2. The van der Waals surface area contributed by atoms with Gasteiger partial charge in [0.2, 0.25) is 0 Å². The van der Waals surface area contributed by atoms with Gasteiger partial charge in [0.25, 0.3) is 0 Å². The van der Waals surface area contributed by atoms with Crippen LogP contribution < -0.4 is 5.32 Å². The van der Waals surface area contributed by atoms with Crippen LogP contribution in [0.2, 0.25) is 0 Å². The number of hydrogen-bond acceptors (Lipinski definition) is 3. The lowest BCUT2D eigenvalue weighted by Gasteiger charge is -2.26. The van der Waals surface area contributed by atoms with Gasteiger partial charge in [-0.25, -0.2) is 0 Å². The average Bonchev–Trinajstić information content (AvgIpc) is 1.92. The van der Waals surface area contributed by atoms with Gasteiger partial charge in [0.05, 0.1) is 25.9 Å². The van der Waals surface area contributed by atoms with E-state index in [1.165, 1.54) is 0 Å². The molecule has 0 saturated carbocycles. The van der Waals surface area contributed by atoms with E-state index in [0.29, 0.717) is 12.0 Å². The zero-order valence-corrected chi connectivity index (χ0v) is 8.01. The molecule has 72 valence electrons. The van der Waals surface area contributed by atoms with Crippen molar-refractivity contribution in [1.82, 2.24) is 5.32 Å². The average molecular weight is 173 g/mol. The molecule has 1 fully saturated rings. The van der Waals surface area contributed by atoms with Crippen LogP contribution in [-0.2, 0) is 9.47 Å². The first-order valence-electron chi connectivity index (χ1n) is 4.68. The molecule has 1 N–H and O–H groups in total. The second-order valence-electron chi connectivity index (χ2n) is 3.66. The number of ether oxygens (including phenoxy) is 2. The highest BCUT2D eigenvalue weighted by Crippen LogP contribution is 1.98. The Balaban J connectivity index is 1.76. The summed E-state index contributed by atoms with van der Waals surface area (Å²) in [4.78, 5) is 0. The molecule has 0 bridgehead atoms. The summed E-state index contributed by atoms with van der Waals surface area (Å²) in [7, 11) is 0. The molecular weight excluding hydrogens is 154 g/mol. The van der Waals surface area contributed by atoms with Crippen LogP contribution in [0.15, 0.2) is 0 Å². The van der Waals surface area contributed by atoms with E-state index in [1.54, 1.807) is 0 Å². The van der Waals surface area contributed by atoms with E-state index in [4.69, 9.17) is 9.47 Å². The van der Waals surface area contributed by atoms with Crippen molar-refractivity contribution >= 4 is 0 Å². The van der Waals surface area contributed by atoms with Crippen LogP contribution in [0, 0.1) is 5.92 Å². The summed E-state index contributed by atoms with van der Waals surface area (Å²) in [5, 5.41) is 3.34. The molecule has 0 spiro atoms. The quantitative estimate of drug-likeness (QED) is 0.598. The van der Waals surface area contributed by atoms with Crippen LogP contribution in [-0.4, -0.2) is 39.0 Å². The second kappa shape index (κ2) is 5.51. The normalized spacial score (nSPS) is 18.2. The molecule has 1 rings (SSSR count). The summed E-state index contributed by atoms with van der Waals surface area (Å²) in [6.45, 7) is 8.67. The van der Waals surface area contributed by atoms with Crippen molar-refractivity contribution in [3.63, 3.8) is 0 Å². The highest BCUT2D eigenvalue weighted by atomic mass is 16.5. The van der Waals surface area contributed by atoms with Crippen LogP contribution in [0.4, 0.5) is 0 Å². The Morgan fingerprint density at radius 3 is 2.75 bits per heavy atom. The lowest BCUT2D eigenvalue weighted by Crippen LogP contribution is -2.47. The first-order chi connectivity index (χ1) is 5.79. The SMILES string of the molecule is CC(C)COCCNC1COC1. The predicted octanol–water partition coefficient (Wildman–Crippen LogP) is 0.647. The van der Waals surface area contributed by atoms with Gasteiger partial charge in [-0.05, 0) is 5.92 Å². The highest BCUT2D eigenvalue weighted by Gasteiger charge is 2.16. The van der Waals surface area contributed by atoms with Crippen molar-refractivity contribution < 1.29 is 9.47 Å². The summed E-state index contributed by atoms with van der Waals surface area (Å²) in [5.41, 5.74) is 0. The summed E-state index contributed by atoms with van der Waals surface area (Å²) < 4.78 is 10.4. The number of hydrogen-bond donors (Lipinski definition) is 1. The van der Waals surface area contributed by atoms with E-state index in [2.05, 4.69) is 19.2 Å². The highest BCUT2D eigenvalue weighted by molar-refractivity contribution is 4.72. The lowest BCUT2D eigenvalue weighted by molar-refractivity contribution is -0.00867. The molecule has 0 aromatic heterocycles. The Morgan fingerprint density at radius 1 is 1.50 bits per heavy atom. The fourth-order valence-electron chi connectivity index (χ4n) is 1.01. The van der Waals surface area contributed by atoms with Gasteiger partial charge in [-0.15, -0.1) is 0 Å². The molecule has 1 aliphatic heterocycles. The Morgan fingerprint density at radius 2 is 2.25 bits per heavy atom. The minimum absolute atomic E-state index is 0.577. The van der Waals surface area contributed by atoms with Crippen molar-refractivity contribution in [3.8, 4) is 0 Å². The zero-order valence-electron chi connectivity index (χ0n) is 8.01. The maximum absolute atomic E-state index is 5.41. The van der Waals surface area contributed by atoms with Gasteiger partial charge in [0.1, 0.15) is 0 Å². The van der Waals surface area contributed by atoms with Crippen molar-refractivity contribution in [2.45, 2.75) is 19.9 Å². The third-order valence-corrected chi connectivity index (χ3v) is 1.77. The summed E-state index contributed by atoms with van der Waals surface area (Å²) in [6, 6.07) is 0.577. The largest absolute Gasteiger partial charge is 0.380 e. The van der Waals surface area contributed by atoms with Gasteiger partial charge < -0.3 is 14.8 Å². The van der Waals surface area contributed by atoms with Crippen LogP contribution in [0.1, 0.15) is 13.8 Å². The minimum Gasteiger partial charge on any atom is -0.380 e. The van der Waals surface area contributed by atoms with Crippen molar-refractivity contribution in [2.24, 2.45) is 5.92 Å². The summed E-state index contributed by atoms with van der Waals surface area (Å²) >= 11 is 0. The summed E-state index contributed by atoms with van der Waals surface area (Å²) in [5.74, 6) is 0.636. The molecule has 12 heavy (non-hydrogen) atoms. The Bertz CT molecular complexity index is 113.